The van der Waals surface area contributed by atoms with Crippen molar-refractivity contribution < 1.29 is 0 Å². The standard InChI is InChI=1S/C12H10Br2N2/c1-11-7(5-15)3-10(14)12(11,2)8(6-16)4-9(11)13/h3-4,9-10H,1-2H3/t9-,10-,11+,12+/m0/s1. The molecular formula is C12H10Br2N2. The van der Waals surface area contributed by atoms with E-state index < -0.39 is 0 Å². The molecule has 0 amide bonds. The van der Waals surface area contributed by atoms with Gasteiger partial charge in [-0.3, -0.25) is 0 Å². The molecule has 0 saturated heterocycles. The van der Waals surface area contributed by atoms with Gasteiger partial charge in [0.1, 0.15) is 0 Å². The largest absolute Gasteiger partial charge is 0.193 e. The second-order valence-corrected chi connectivity index (χ2v) is 6.57. The minimum Gasteiger partial charge on any atom is -0.193 e. The van der Waals surface area contributed by atoms with Gasteiger partial charge in [-0.1, -0.05) is 57.9 Å². The number of nitrogens with zero attached hydrogens (tertiary/aromatic N) is 2. The molecule has 16 heavy (non-hydrogen) atoms. The van der Waals surface area contributed by atoms with Crippen LogP contribution in [0.15, 0.2) is 23.3 Å². The number of alkyl halides is 2. The van der Waals surface area contributed by atoms with E-state index in [-0.39, 0.29) is 20.5 Å². The van der Waals surface area contributed by atoms with Crippen LogP contribution in [0.4, 0.5) is 0 Å². The normalized spacial score (nSPS) is 45.4. The molecule has 0 N–H and O–H groups in total. The average Bonchev–Trinajstić information content (AvgIpc) is 2.59. The summed E-state index contributed by atoms with van der Waals surface area (Å²) in [6.07, 6.45) is 3.86. The molecule has 0 aromatic rings. The van der Waals surface area contributed by atoms with Crippen LogP contribution in [0.25, 0.3) is 0 Å². The van der Waals surface area contributed by atoms with Gasteiger partial charge < -0.3 is 0 Å². The Labute approximate surface area is 112 Å². The van der Waals surface area contributed by atoms with Crippen molar-refractivity contribution in [3.8, 4) is 12.1 Å². The Kier molecular flexibility index (Phi) is 2.57. The molecule has 0 aromatic heterocycles. The van der Waals surface area contributed by atoms with Crippen molar-refractivity contribution in [1.82, 2.24) is 0 Å². The molecule has 0 bridgehead atoms. The third-order valence-electron chi connectivity index (χ3n) is 4.17. The maximum Gasteiger partial charge on any atom is 0.0950 e. The number of rotatable bonds is 0. The minimum absolute atomic E-state index is 0.0353. The molecule has 0 aliphatic heterocycles. The number of nitriles is 2. The maximum atomic E-state index is 9.22. The first-order valence-corrected chi connectivity index (χ1v) is 6.79. The molecule has 4 heteroatoms. The average molecular weight is 342 g/mol. The van der Waals surface area contributed by atoms with E-state index in [1.165, 1.54) is 0 Å². The van der Waals surface area contributed by atoms with E-state index in [4.69, 9.17) is 0 Å². The summed E-state index contributed by atoms with van der Waals surface area (Å²) in [4.78, 5) is 0.0706. The summed E-state index contributed by atoms with van der Waals surface area (Å²) >= 11 is 7.17. The first kappa shape index (κ1) is 11.9. The highest BCUT2D eigenvalue weighted by Gasteiger charge is 2.63. The van der Waals surface area contributed by atoms with Gasteiger partial charge in [-0.2, -0.15) is 10.5 Å². The van der Waals surface area contributed by atoms with Crippen molar-refractivity contribution in [2.75, 3.05) is 0 Å². The Balaban J connectivity index is 2.66. The summed E-state index contributed by atoms with van der Waals surface area (Å²) in [6.45, 7) is 4.09. The first-order chi connectivity index (χ1) is 7.42. The Bertz CT molecular complexity index is 448. The van der Waals surface area contributed by atoms with E-state index in [2.05, 4.69) is 44.0 Å². The van der Waals surface area contributed by atoms with E-state index in [9.17, 15) is 10.5 Å². The molecular weight excluding hydrogens is 332 g/mol. The fourth-order valence-corrected chi connectivity index (χ4v) is 4.68. The van der Waals surface area contributed by atoms with Gasteiger partial charge in [0.2, 0.25) is 0 Å². The van der Waals surface area contributed by atoms with Gasteiger partial charge >= 0.3 is 0 Å². The summed E-state index contributed by atoms with van der Waals surface area (Å²) in [5.41, 5.74) is 0.836. The fourth-order valence-electron chi connectivity index (χ4n) is 2.71. The number of allylic oxidation sites excluding steroid dienone is 4. The molecule has 2 rings (SSSR count). The molecule has 0 heterocycles. The van der Waals surface area contributed by atoms with Gasteiger partial charge in [0.25, 0.3) is 0 Å². The summed E-state index contributed by atoms with van der Waals surface area (Å²) in [6, 6.07) is 4.53. The van der Waals surface area contributed by atoms with Crippen LogP contribution in [-0.2, 0) is 0 Å². The van der Waals surface area contributed by atoms with Gasteiger partial charge in [0, 0.05) is 31.6 Å². The number of hydrogen-bond donors (Lipinski definition) is 0. The van der Waals surface area contributed by atoms with Crippen LogP contribution < -0.4 is 0 Å². The summed E-state index contributed by atoms with van der Waals surface area (Å²) in [5, 5.41) is 18.4. The van der Waals surface area contributed by atoms with Crippen LogP contribution in [0, 0.1) is 33.5 Å². The van der Waals surface area contributed by atoms with Crippen LogP contribution in [0.5, 0.6) is 0 Å². The van der Waals surface area contributed by atoms with Crippen molar-refractivity contribution in [3.05, 3.63) is 23.3 Å². The predicted octanol–water partition coefficient (Wildman–Crippen LogP) is 3.45. The van der Waals surface area contributed by atoms with Crippen molar-refractivity contribution in [3.63, 3.8) is 0 Å². The van der Waals surface area contributed by atoms with E-state index in [1.807, 2.05) is 26.0 Å². The first-order valence-electron chi connectivity index (χ1n) is 4.96. The zero-order valence-corrected chi connectivity index (χ0v) is 12.1. The molecule has 2 aliphatic carbocycles. The molecule has 0 fully saturated rings. The molecule has 0 aromatic carbocycles. The summed E-state index contributed by atoms with van der Waals surface area (Å²) in [5.74, 6) is 0. The van der Waals surface area contributed by atoms with Crippen molar-refractivity contribution in [2.45, 2.75) is 23.5 Å². The lowest BCUT2D eigenvalue weighted by Gasteiger charge is -2.40. The van der Waals surface area contributed by atoms with Gasteiger partial charge in [-0.05, 0) is 0 Å². The molecule has 0 radical (unpaired) electrons. The Morgan fingerprint density at radius 1 is 1.00 bits per heavy atom. The maximum absolute atomic E-state index is 9.22. The van der Waals surface area contributed by atoms with E-state index >= 15 is 0 Å². The van der Waals surface area contributed by atoms with Gasteiger partial charge in [0.05, 0.1) is 12.1 Å². The fraction of sp³-hybridized carbons (Fsp3) is 0.500. The Morgan fingerprint density at radius 3 is 1.56 bits per heavy atom. The zero-order chi connectivity index (χ0) is 12.1. The van der Waals surface area contributed by atoms with Crippen LogP contribution in [0.1, 0.15) is 13.8 Å². The summed E-state index contributed by atoms with van der Waals surface area (Å²) in [7, 11) is 0. The van der Waals surface area contributed by atoms with Crippen molar-refractivity contribution in [1.29, 1.82) is 10.5 Å². The van der Waals surface area contributed by atoms with Crippen LogP contribution in [-0.4, -0.2) is 9.65 Å². The Morgan fingerprint density at radius 2 is 1.31 bits per heavy atom. The third kappa shape index (κ3) is 1.05. The monoisotopic (exact) mass is 340 g/mol. The van der Waals surface area contributed by atoms with Gasteiger partial charge in [-0.15, -0.1) is 0 Å². The summed E-state index contributed by atoms with van der Waals surface area (Å²) < 4.78 is 0. The number of hydrogen-bond acceptors (Lipinski definition) is 2. The SMILES string of the molecule is C[C@]12C(C#N)=C[C@H](Br)[C@@]1(C)C(C#N)=C[C@@H]2Br. The van der Waals surface area contributed by atoms with Crippen molar-refractivity contribution in [2.24, 2.45) is 10.8 Å². The second kappa shape index (κ2) is 3.45. The lowest BCUT2D eigenvalue weighted by atomic mass is 9.65. The zero-order valence-electron chi connectivity index (χ0n) is 8.96. The second-order valence-electron chi connectivity index (χ2n) is 4.59. The van der Waals surface area contributed by atoms with Crippen LogP contribution in [0.2, 0.25) is 0 Å². The van der Waals surface area contributed by atoms with Crippen LogP contribution in [0.3, 0.4) is 0 Å². The number of halogens is 2. The lowest BCUT2D eigenvalue weighted by Crippen LogP contribution is -2.41. The van der Waals surface area contributed by atoms with E-state index in [0.717, 1.165) is 11.1 Å². The molecule has 82 valence electrons. The van der Waals surface area contributed by atoms with E-state index in [0.29, 0.717) is 0 Å². The highest BCUT2D eigenvalue weighted by molar-refractivity contribution is 9.10. The van der Waals surface area contributed by atoms with Gasteiger partial charge in [-0.25, -0.2) is 0 Å². The molecule has 0 saturated carbocycles. The smallest absolute Gasteiger partial charge is 0.0950 e. The molecule has 4 atom stereocenters. The van der Waals surface area contributed by atoms with Gasteiger partial charge in [0.15, 0.2) is 0 Å². The third-order valence-corrected chi connectivity index (χ3v) is 6.53. The van der Waals surface area contributed by atoms with Crippen molar-refractivity contribution >= 4 is 31.9 Å². The van der Waals surface area contributed by atoms with Crippen LogP contribution >= 0.6 is 31.9 Å². The van der Waals surface area contributed by atoms with E-state index in [1.54, 1.807) is 0 Å². The highest BCUT2D eigenvalue weighted by atomic mass is 79.9. The molecule has 2 nitrogen and oxygen atoms in total. The lowest BCUT2D eigenvalue weighted by molar-refractivity contribution is 0.230. The molecule has 0 spiro atoms. The predicted molar refractivity (Wildman–Crippen MR) is 69.0 cm³/mol. The molecule has 0 unspecified atom stereocenters. The number of fused-ring (bicyclic) bond motifs is 1. The molecule has 2 aliphatic rings. The quantitative estimate of drug-likeness (QED) is 0.633. The Hall–Kier alpha value is -0.580. The highest BCUT2D eigenvalue weighted by Crippen LogP contribution is 2.65. The topological polar surface area (TPSA) is 47.6 Å². The minimum atomic E-state index is -0.332.